The third-order valence-corrected chi connectivity index (χ3v) is 9.09. The molecule has 5 nitrogen and oxygen atoms in total. The molecule has 35 heavy (non-hydrogen) atoms. The molecule has 0 unspecified atom stereocenters. The van der Waals surface area contributed by atoms with Crippen molar-refractivity contribution in [1.82, 2.24) is 14.7 Å². The number of alkyl halides is 2. The van der Waals surface area contributed by atoms with Gasteiger partial charge in [0.2, 0.25) is 0 Å². The SMILES string of the molecule is Cc1nn(-c2c(F)cccc2C2(N)CC2)cc1CN1CCC2(CC1)OCC(F)(F)c1cc(Cl)sc12. The molecule has 1 aliphatic carbocycles. The number of hydrogen-bond acceptors (Lipinski definition) is 5. The minimum absolute atomic E-state index is 0.0124. The standard InChI is InChI=1S/C25H26ClF3N4OS/c1-15-16(13-33(31-15)21-17(23(30)5-6-23)3-2-4-19(21)27)12-32-9-7-24(8-10-32)22-18(11-20(26)35-22)25(28,29)14-34-24/h2-4,11,13H,5-10,12,14,30H2,1H3. The summed E-state index contributed by atoms with van der Waals surface area (Å²) < 4.78 is 51.5. The lowest BCUT2D eigenvalue weighted by molar-refractivity contribution is -0.182. The number of nitrogens with two attached hydrogens (primary N) is 1. The molecule has 186 valence electrons. The molecule has 1 spiro atoms. The van der Waals surface area contributed by atoms with Gasteiger partial charge in [-0.3, -0.25) is 4.90 Å². The lowest BCUT2D eigenvalue weighted by Gasteiger charge is -2.45. The fourth-order valence-corrected chi connectivity index (χ4v) is 6.83. The molecule has 4 heterocycles. The van der Waals surface area contributed by atoms with Crippen LogP contribution in [-0.4, -0.2) is 34.4 Å². The zero-order valence-corrected chi connectivity index (χ0v) is 20.9. The Morgan fingerprint density at radius 2 is 1.91 bits per heavy atom. The summed E-state index contributed by atoms with van der Waals surface area (Å²) in [6, 6.07) is 6.40. The molecule has 0 bridgehead atoms. The Balaban J connectivity index is 1.21. The Hall–Kier alpha value is -1.91. The first-order valence-corrected chi connectivity index (χ1v) is 13.0. The van der Waals surface area contributed by atoms with Crippen molar-refractivity contribution in [2.75, 3.05) is 19.7 Å². The van der Waals surface area contributed by atoms with Crippen LogP contribution >= 0.6 is 22.9 Å². The van der Waals surface area contributed by atoms with Gasteiger partial charge in [0.15, 0.2) is 0 Å². The van der Waals surface area contributed by atoms with Gasteiger partial charge in [-0.1, -0.05) is 23.7 Å². The largest absolute Gasteiger partial charge is 0.363 e. The molecule has 2 N–H and O–H groups in total. The van der Waals surface area contributed by atoms with Crippen molar-refractivity contribution < 1.29 is 17.9 Å². The van der Waals surface area contributed by atoms with E-state index in [2.05, 4.69) is 10.00 Å². The van der Waals surface area contributed by atoms with Crippen molar-refractivity contribution in [3.8, 4) is 5.69 Å². The second-order valence-corrected chi connectivity index (χ2v) is 11.7. The van der Waals surface area contributed by atoms with E-state index in [1.165, 1.54) is 23.5 Å². The predicted molar refractivity (Wildman–Crippen MR) is 129 cm³/mol. The summed E-state index contributed by atoms with van der Waals surface area (Å²) in [5, 5.41) is 4.61. The highest BCUT2D eigenvalue weighted by Crippen LogP contribution is 2.52. The zero-order valence-electron chi connectivity index (χ0n) is 19.3. The van der Waals surface area contributed by atoms with Gasteiger partial charge in [0.1, 0.15) is 23.7 Å². The first-order chi connectivity index (χ1) is 16.6. The van der Waals surface area contributed by atoms with E-state index in [9.17, 15) is 13.2 Å². The molecule has 10 heteroatoms. The number of nitrogens with zero attached hydrogens (tertiary/aromatic N) is 3. The van der Waals surface area contributed by atoms with Crippen LogP contribution in [0.25, 0.3) is 5.69 Å². The fourth-order valence-electron chi connectivity index (χ4n) is 5.35. The summed E-state index contributed by atoms with van der Waals surface area (Å²) in [6.07, 6.45) is 4.75. The van der Waals surface area contributed by atoms with E-state index in [4.69, 9.17) is 22.1 Å². The van der Waals surface area contributed by atoms with Gasteiger partial charge >= 0.3 is 0 Å². The summed E-state index contributed by atoms with van der Waals surface area (Å²) in [4.78, 5) is 2.82. The van der Waals surface area contributed by atoms with Crippen LogP contribution in [0.2, 0.25) is 4.34 Å². The van der Waals surface area contributed by atoms with Crippen LogP contribution in [0.15, 0.2) is 30.5 Å². The van der Waals surface area contributed by atoms with Crippen LogP contribution in [0, 0.1) is 12.7 Å². The molecule has 1 saturated heterocycles. The van der Waals surface area contributed by atoms with Crippen molar-refractivity contribution in [3.63, 3.8) is 0 Å². The smallest absolute Gasteiger partial charge is 0.297 e. The minimum atomic E-state index is -3.01. The second kappa shape index (κ2) is 8.05. The highest BCUT2D eigenvalue weighted by Gasteiger charge is 2.51. The predicted octanol–water partition coefficient (Wildman–Crippen LogP) is 5.60. The van der Waals surface area contributed by atoms with Crippen molar-refractivity contribution in [3.05, 3.63) is 67.9 Å². The molecule has 1 saturated carbocycles. The molecule has 2 fully saturated rings. The van der Waals surface area contributed by atoms with E-state index < -0.39 is 23.7 Å². The van der Waals surface area contributed by atoms with Gasteiger partial charge < -0.3 is 10.5 Å². The van der Waals surface area contributed by atoms with Crippen LogP contribution in [0.3, 0.4) is 0 Å². The van der Waals surface area contributed by atoms with Gasteiger partial charge in [-0.15, -0.1) is 11.3 Å². The van der Waals surface area contributed by atoms with Gasteiger partial charge in [-0.05, 0) is 44.7 Å². The van der Waals surface area contributed by atoms with E-state index in [1.807, 2.05) is 19.2 Å². The quantitative estimate of drug-likeness (QED) is 0.485. The van der Waals surface area contributed by atoms with Gasteiger partial charge in [0.05, 0.1) is 10.0 Å². The summed E-state index contributed by atoms with van der Waals surface area (Å²) in [7, 11) is 0. The molecule has 0 atom stereocenters. The highest BCUT2D eigenvalue weighted by molar-refractivity contribution is 7.16. The number of para-hydroxylation sites is 1. The molecular weight excluding hydrogens is 497 g/mol. The first kappa shape index (κ1) is 23.5. The molecule has 0 amide bonds. The van der Waals surface area contributed by atoms with Gasteiger partial charge in [0, 0.05) is 52.9 Å². The topological polar surface area (TPSA) is 56.3 Å². The average Bonchev–Trinajstić information content (AvgIpc) is 3.26. The molecule has 0 radical (unpaired) electrons. The van der Waals surface area contributed by atoms with E-state index in [0.29, 0.717) is 47.4 Å². The van der Waals surface area contributed by atoms with Crippen LogP contribution < -0.4 is 5.73 Å². The summed E-state index contributed by atoms with van der Waals surface area (Å²) in [5.41, 5.74) is 8.23. The monoisotopic (exact) mass is 522 g/mol. The zero-order chi connectivity index (χ0) is 24.6. The van der Waals surface area contributed by atoms with Crippen molar-refractivity contribution in [2.45, 2.75) is 56.2 Å². The van der Waals surface area contributed by atoms with E-state index in [0.717, 1.165) is 29.7 Å². The van der Waals surface area contributed by atoms with Gasteiger partial charge in [-0.25, -0.2) is 9.07 Å². The fraction of sp³-hybridized carbons (Fsp3) is 0.480. The molecule has 6 rings (SSSR count). The minimum Gasteiger partial charge on any atom is -0.363 e. The number of ether oxygens (including phenoxy) is 1. The Morgan fingerprint density at radius 1 is 1.17 bits per heavy atom. The second-order valence-electron chi connectivity index (χ2n) is 10.0. The molecule has 2 aromatic heterocycles. The number of benzene rings is 1. The van der Waals surface area contributed by atoms with Crippen molar-refractivity contribution in [1.29, 1.82) is 0 Å². The third kappa shape index (κ3) is 3.92. The molecule has 1 aromatic carbocycles. The third-order valence-electron chi connectivity index (χ3n) is 7.64. The van der Waals surface area contributed by atoms with Crippen molar-refractivity contribution in [2.24, 2.45) is 5.73 Å². The van der Waals surface area contributed by atoms with Crippen LogP contribution in [0.1, 0.15) is 52.9 Å². The Morgan fingerprint density at radius 3 is 2.63 bits per heavy atom. The number of hydrogen-bond donors (Lipinski definition) is 1. The molecule has 3 aliphatic rings. The van der Waals surface area contributed by atoms with E-state index >= 15 is 0 Å². The summed E-state index contributed by atoms with van der Waals surface area (Å²) in [6.45, 7) is 3.30. The number of rotatable bonds is 4. The molecular formula is C25H26ClF3N4OS. The number of aromatic nitrogens is 2. The lowest BCUT2D eigenvalue weighted by Crippen LogP contribution is -2.48. The molecule has 2 aliphatic heterocycles. The van der Waals surface area contributed by atoms with Gasteiger partial charge in [-0.2, -0.15) is 13.9 Å². The maximum atomic E-state index is 14.9. The number of aryl methyl sites for hydroxylation is 1. The number of fused-ring (bicyclic) bond motifs is 2. The Kier molecular flexibility index (Phi) is 5.40. The number of halogens is 4. The Labute approximate surface area is 210 Å². The van der Waals surface area contributed by atoms with Crippen LogP contribution in [0.5, 0.6) is 0 Å². The number of likely N-dealkylation sites (tertiary alicyclic amines) is 1. The van der Waals surface area contributed by atoms with Crippen molar-refractivity contribution >= 4 is 22.9 Å². The van der Waals surface area contributed by atoms with E-state index in [1.54, 1.807) is 10.7 Å². The van der Waals surface area contributed by atoms with E-state index in [-0.39, 0.29) is 11.4 Å². The van der Waals surface area contributed by atoms with Gasteiger partial charge in [0.25, 0.3) is 5.92 Å². The maximum Gasteiger partial charge on any atom is 0.297 e. The number of thiophene rings is 1. The average molecular weight is 523 g/mol. The maximum absolute atomic E-state index is 14.9. The number of piperidine rings is 1. The lowest BCUT2D eigenvalue weighted by atomic mass is 9.84. The highest BCUT2D eigenvalue weighted by atomic mass is 35.5. The normalized spacial score (nSPS) is 22.3. The summed E-state index contributed by atoms with van der Waals surface area (Å²) in [5.74, 6) is -3.36. The summed E-state index contributed by atoms with van der Waals surface area (Å²) >= 11 is 7.32. The van der Waals surface area contributed by atoms with Crippen LogP contribution in [-0.2, 0) is 28.3 Å². The van der Waals surface area contributed by atoms with Crippen LogP contribution in [0.4, 0.5) is 13.2 Å². The first-order valence-electron chi connectivity index (χ1n) is 11.8. The Bertz CT molecular complexity index is 1290. The molecule has 3 aromatic rings.